The summed E-state index contributed by atoms with van der Waals surface area (Å²) < 4.78 is 0. The Kier molecular flexibility index (Phi) is 2.96. The molecule has 0 bridgehead atoms. The molecule has 20 heavy (non-hydrogen) atoms. The molecule has 0 unspecified atom stereocenters. The van der Waals surface area contributed by atoms with Gasteiger partial charge in [0.1, 0.15) is 0 Å². The highest BCUT2D eigenvalue weighted by atomic mass is 16.7. The topological polar surface area (TPSA) is 75.6 Å². The number of aliphatic carboxylic acids is 1. The normalized spacial score (nSPS) is 12.6. The smallest absolute Gasteiger partial charge is 0.377 e. The molecule has 0 saturated heterocycles. The summed E-state index contributed by atoms with van der Waals surface area (Å²) in [6, 6.07) is 12.3. The maximum atomic E-state index is 11.3. The van der Waals surface area contributed by atoms with E-state index in [-0.39, 0.29) is 5.56 Å². The fraction of sp³-hybridized carbons (Fsp3) is 0.0667. The number of carboxylic acids is 1. The summed E-state index contributed by atoms with van der Waals surface area (Å²) in [7, 11) is 0. The zero-order valence-corrected chi connectivity index (χ0v) is 10.4. The molecule has 2 N–H and O–H groups in total. The second-order valence-corrected chi connectivity index (χ2v) is 4.46. The van der Waals surface area contributed by atoms with Crippen LogP contribution < -0.4 is 10.3 Å². The van der Waals surface area contributed by atoms with Gasteiger partial charge in [-0.1, -0.05) is 36.4 Å². The number of fused-ring (bicyclic) bond motifs is 1. The van der Waals surface area contributed by atoms with Crippen LogP contribution >= 0.6 is 0 Å². The highest BCUT2D eigenvalue weighted by Crippen LogP contribution is 2.29. The first-order valence-corrected chi connectivity index (χ1v) is 6.06. The van der Waals surface area contributed by atoms with Crippen molar-refractivity contribution in [3.63, 3.8) is 0 Å². The van der Waals surface area contributed by atoms with Crippen LogP contribution in [0.1, 0.15) is 15.9 Å². The molecule has 2 aromatic rings. The number of rotatable bonds is 3. The summed E-state index contributed by atoms with van der Waals surface area (Å²) in [5.41, 5.74) is 5.89. The van der Waals surface area contributed by atoms with Crippen LogP contribution in [-0.2, 0) is 11.3 Å². The molecule has 0 atom stereocenters. The molecular formula is C15H11NO4. The van der Waals surface area contributed by atoms with E-state index in [1.807, 2.05) is 18.2 Å². The van der Waals surface area contributed by atoms with E-state index in [1.54, 1.807) is 12.1 Å². The van der Waals surface area contributed by atoms with Crippen molar-refractivity contribution in [2.24, 2.45) is 0 Å². The molecule has 5 heteroatoms. The summed E-state index contributed by atoms with van der Waals surface area (Å²) in [6.07, 6.45) is 0. The highest BCUT2D eigenvalue weighted by molar-refractivity contribution is 6.39. The Morgan fingerprint density at radius 3 is 2.45 bits per heavy atom. The molecule has 1 heterocycles. The summed E-state index contributed by atoms with van der Waals surface area (Å²) >= 11 is 0. The Bertz CT molecular complexity index is 692. The van der Waals surface area contributed by atoms with Gasteiger partial charge in [-0.3, -0.25) is 4.79 Å². The number of hydroxylamine groups is 1. The van der Waals surface area contributed by atoms with E-state index < -0.39 is 11.8 Å². The molecule has 3 rings (SSSR count). The lowest BCUT2D eigenvalue weighted by Crippen LogP contribution is -2.12. The van der Waals surface area contributed by atoms with Gasteiger partial charge < -0.3 is 9.94 Å². The van der Waals surface area contributed by atoms with Gasteiger partial charge in [0.25, 0.3) is 5.78 Å². The Balaban J connectivity index is 1.91. The minimum atomic E-state index is -1.45. The molecule has 0 saturated carbocycles. The molecule has 2 aromatic carbocycles. The van der Waals surface area contributed by atoms with Crippen molar-refractivity contribution >= 4 is 11.8 Å². The Morgan fingerprint density at radius 2 is 1.75 bits per heavy atom. The number of ketones is 1. The minimum Gasteiger partial charge on any atom is -0.475 e. The maximum Gasteiger partial charge on any atom is 0.377 e. The standard InChI is InChI=1S/C15H11NO4/c17-14(15(18)19)10-3-1-9(2-4-10)11-5-6-12-8-16-20-13(12)7-11/h1-7,16H,8H2,(H,18,19). The third kappa shape index (κ3) is 2.15. The minimum absolute atomic E-state index is 0.167. The average Bonchev–Trinajstić information content (AvgIpc) is 2.94. The van der Waals surface area contributed by atoms with Crippen LogP contribution in [0.5, 0.6) is 5.75 Å². The quantitative estimate of drug-likeness (QED) is 0.658. The van der Waals surface area contributed by atoms with Crippen molar-refractivity contribution in [3.05, 3.63) is 53.6 Å². The van der Waals surface area contributed by atoms with Crippen LogP contribution in [0, 0.1) is 0 Å². The lowest BCUT2D eigenvalue weighted by atomic mass is 10.0. The number of Topliss-reactive ketones (excluding diaryl/α,β-unsaturated/α-hetero) is 1. The van der Waals surface area contributed by atoms with Crippen molar-refractivity contribution in [1.29, 1.82) is 0 Å². The monoisotopic (exact) mass is 269 g/mol. The summed E-state index contributed by atoms with van der Waals surface area (Å²) in [6.45, 7) is 0.682. The molecular weight excluding hydrogens is 258 g/mol. The lowest BCUT2D eigenvalue weighted by molar-refractivity contribution is -0.131. The van der Waals surface area contributed by atoms with Crippen molar-refractivity contribution in [2.75, 3.05) is 0 Å². The predicted octanol–water partition coefficient (Wildman–Crippen LogP) is 2.02. The third-order valence-corrected chi connectivity index (χ3v) is 3.19. The Labute approximate surface area is 114 Å². The third-order valence-electron chi connectivity index (χ3n) is 3.19. The fourth-order valence-corrected chi connectivity index (χ4v) is 2.10. The van der Waals surface area contributed by atoms with Crippen molar-refractivity contribution < 1.29 is 19.5 Å². The fourth-order valence-electron chi connectivity index (χ4n) is 2.10. The van der Waals surface area contributed by atoms with E-state index in [0.717, 1.165) is 22.4 Å². The van der Waals surface area contributed by atoms with Gasteiger partial charge in [-0.2, -0.15) is 5.48 Å². The van der Waals surface area contributed by atoms with E-state index in [1.165, 1.54) is 12.1 Å². The van der Waals surface area contributed by atoms with Gasteiger partial charge in [-0.25, -0.2) is 4.79 Å². The molecule has 1 aliphatic rings. The van der Waals surface area contributed by atoms with Gasteiger partial charge in [0.2, 0.25) is 0 Å². The zero-order chi connectivity index (χ0) is 14.1. The number of carboxylic acid groups (broad SMARTS) is 1. The van der Waals surface area contributed by atoms with Crippen LogP contribution in [0.25, 0.3) is 11.1 Å². The zero-order valence-electron chi connectivity index (χ0n) is 10.4. The summed E-state index contributed by atoms with van der Waals surface area (Å²) in [4.78, 5) is 27.2. The van der Waals surface area contributed by atoms with Crippen molar-refractivity contribution in [2.45, 2.75) is 6.54 Å². The van der Waals surface area contributed by atoms with Crippen LogP contribution in [0.3, 0.4) is 0 Å². The van der Waals surface area contributed by atoms with Gasteiger partial charge in [0.05, 0.1) is 6.54 Å². The van der Waals surface area contributed by atoms with Crippen LogP contribution in [0.2, 0.25) is 0 Å². The number of carbonyl (C=O) groups is 2. The lowest BCUT2D eigenvalue weighted by Gasteiger charge is -2.04. The number of benzene rings is 2. The predicted molar refractivity (Wildman–Crippen MR) is 71.3 cm³/mol. The Morgan fingerprint density at radius 1 is 1.05 bits per heavy atom. The molecule has 0 amide bonds. The first kappa shape index (κ1) is 12.4. The van der Waals surface area contributed by atoms with Crippen LogP contribution in [0.15, 0.2) is 42.5 Å². The van der Waals surface area contributed by atoms with E-state index >= 15 is 0 Å². The second-order valence-electron chi connectivity index (χ2n) is 4.46. The molecule has 5 nitrogen and oxygen atoms in total. The van der Waals surface area contributed by atoms with Gasteiger partial charge >= 0.3 is 5.97 Å². The van der Waals surface area contributed by atoms with Gasteiger partial charge in [-0.15, -0.1) is 0 Å². The van der Waals surface area contributed by atoms with Crippen LogP contribution in [0.4, 0.5) is 0 Å². The van der Waals surface area contributed by atoms with Crippen molar-refractivity contribution in [1.82, 2.24) is 5.48 Å². The van der Waals surface area contributed by atoms with Crippen molar-refractivity contribution in [3.8, 4) is 16.9 Å². The molecule has 100 valence electrons. The number of hydrogen-bond donors (Lipinski definition) is 2. The molecule has 0 fully saturated rings. The largest absolute Gasteiger partial charge is 0.475 e. The van der Waals surface area contributed by atoms with E-state index in [4.69, 9.17) is 9.94 Å². The van der Waals surface area contributed by atoms with E-state index in [2.05, 4.69) is 5.48 Å². The van der Waals surface area contributed by atoms with E-state index in [0.29, 0.717) is 6.54 Å². The number of carbonyl (C=O) groups excluding carboxylic acids is 1. The molecule has 0 aromatic heterocycles. The number of nitrogens with one attached hydrogen (secondary N) is 1. The maximum absolute atomic E-state index is 11.3. The molecule has 1 aliphatic heterocycles. The summed E-state index contributed by atoms with van der Waals surface area (Å²) in [5.74, 6) is -1.57. The van der Waals surface area contributed by atoms with E-state index in [9.17, 15) is 9.59 Å². The Hall–Kier alpha value is -2.66. The molecule has 0 spiro atoms. The SMILES string of the molecule is O=C(O)C(=O)c1ccc(-c2ccc3c(c2)ONC3)cc1. The van der Waals surface area contributed by atoms with Gasteiger partial charge in [0.15, 0.2) is 5.75 Å². The summed E-state index contributed by atoms with van der Waals surface area (Å²) in [5, 5.41) is 8.65. The first-order chi connectivity index (χ1) is 9.65. The molecule has 0 aliphatic carbocycles. The molecule has 0 radical (unpaired) electrons. The van der Waals surface area contributed by atoms with Gasteiger partial charge in [0, 0.05) is 11.1 Å². The highest BCUT2D eigenvalue weighted by Gasteiger charge is 2.15. The second kappa shape index (κ2) is 4.79. The van der Waals surface area contributed by atoms with Crippen LogP contribution in [-0.4, -0.2) is 16.9 Å². The van der Waals surface area contributed by atoms with Gasteiger partial charge in [-0.05, 0) is 17.2 Å². The first-order valence-electron chi connectivity index (χ1n) is 6.06. The average molecular weight is 269 g/mol. The number of hydrogen-bond acceptors (Lipinski definition) is 4.